The lowest BCUT2D eigenvalue weighted by atomic mass is 9.93. The van der Waals surface area contributed by atoms with Crippen LogP contribution < -0.4 is 5.32 Å². The third kappa shape index (κ3) is 2.65. The molecule has 3 rings (SSSR count). The van der Waals surface area contributed by atoms with Crippen molar-refractivity contribution < 1.29 is 0 Å². The Labute approximate surface area is 127 Å². The number of nitrogens with one attached hydrogen (secondary N) is 1. The van der Waals surface area contributed by atoms with Crippen LogP contribution in [0.4, 0.5) is 0 Å². The molecule has 0 spiro atoms. The topological polar surface area (TPSA) is 42.7 Å². The van der Waals surface area contributed by atoms with Crippen LogP contribution in [0.25, 0.3) is 5.82 Å². The second-order valence-electron chi connectivity index (χ2n) is 5.19. The average molecular weight is 335 g/mol. The molecule has 0 aliphatic heterocycles. The van der Waals surface area contributed by atoms with Gasteiger partial charge < -0.3 is 5.32 Å². The fourth-order valence-electron chi connectivity index (χ4n) is 2.78. The standard InChI is InChI=1S/C15H19BrN4/c1-2-8-17-13-4-3-5-14-12(13)10-19-20(14)15-7-6-11(16)9-18-15/h6-7,9-10,13,17H,2-5,8H2,1H3. The SMILES string of the molecule is CCCNC1CCCc2c1cnn2-c1ccc(Br)cn1. The van der Waals surface area contributed by atoms with Gasteiger partial charge >= 0.3 is 0 Å². The zero-order valence-corrected chi connectivity index (χ0v) is 13.2. The molecule has 1 atom stereocenters. The first-order chi connectivity index (χ1) is 9.79. The van der Waals surface area contributed by atoms with E-state index < -0.39 is 0 Å². The molecule has 4 nitrogen and oxygen atoms in total. The predicted octanol–water partition coefficient (Wildman–Crippen LogP) is 3.41. The molecule has 5 heteroatoms. The quantitative estimate of drug-likeness (QED) is 0.931. The van der Waals surface area contributed by atoms with E-state index in [0.29, 0.717) is 6.04 Å². The minimum Gasteiger partial charge on any atom is -0.310 e. The van der Waals surface area contributed by atoms with Crippen LogP contribution in [0.3, 0.4) is 0 Å². The number of halogens is 1. The van der Waals surface area contributed by atoms with Crippen molar-refractivity contribution in [2.45, 2.75) is 38.6 Å². The van der Waals surface area contributed by atoms with Crippen LogP contribution in [0.2, 0.25) is 0 Å². The zero-order chi connectivity index (χ0) is 13.9. The van der Waals surface area contributed by atoms with E-state index in [1.807, 2.05) is 29.2 Å². The van der Waals surface area contributed by atoms with E-state index in [1.54, 1.807) is 0 Å². The summed E-state index contributed by atoms with van der Waals surface area (Å²) in [6.45, 7) is 3.26. The maximum absolute atomic E-state index is 4.55. The van der Waals surface area contributed by atoms with Crippen LogP contribution in [-0.2, 0) is 6.42 Å². The molecule has 2 aromatic heterocycles. The summed E-state index contributed by atoms with van der Waals surface area (Å²) >= 11 is 3.42. The maximum atomic E-state index is 4.55. The number of fused-ring (bicyclic) bond motifs is 1. The van der Waals surface area contributed by atoms with Crippen LogP contribution >= 0.6 is 15.9 Å². The molecule has 20 heavy (non-hydrogen) atoms. The highest BCUT2D eigenvalue weighted by atomic mass is 79.9. The highest BCUT2D eigenvalue weighted by molar-refractivity contribution is 9.10. The summed E-state index contributed by atoms with van der Waals surface area (Å²) in [7, 11) is 0. The smallest absolute Gasteiger partial charge is 0.153 e. The van der Waals surface area contributed by atoms with Crippen LogP contribution in [-0.4, -0.2) is 21.3 Å². The fourth-order valence-corrected chi connectivity index (χ4v) is 3.01. The minimum atomic E-state index is 0.447. The van der Waals surface area contributed by atoms with E-state index in [2.05, 4.69) is 38.3 Å². The van der Waals surface area contributed by atoms with E-state index in [1.165, 1.54) is 24.1 Å². The van der Waals surface area contributed by atoms with Gasteiger partial charge in [0.15, 0.2) is 5.82 Å². The van der Waals surface area contributed by atoms with Crippen LogP contribution in [0.1, 0.15) is 43.5 Å². The van der Waals surface area contributed by atoms with Crippen molar-refractivity contribution in [3.05, 3.63) is 40.3 Å². The summed E-state index contributed by atoms with van der Waals surface area (Å²) < 4.78 is 2.98. The van der Waals surface area contributed by atoms with Gasteiger partial charge in [-0.15, -0.1) is 0 Å². The van der Waals surface area contributed by atoms with Crippen molar-refractivity contribution in [1.82, 2.24) is 20.1 Å². The van der Waals surface area contributed by atoms with Crippen molar-refractivity contribution in [2.24, 2.45) is 0 Å². The summed E-state index contributed by atoms with van der Waals surface area (Å²) in [6, 6.07) is 4.45. The maximum Gasteiger partial charge on any atom is 0.153 e. The van der Waals surface area contributed by atoms with E-state index in [4.69, 9.17) is 0 Å². The van der Waals surface area contributed by atoms with Crippen molar-refractivity contribution in [3.8, 4) is 5.82 Å². The Bertz CT molecular complexity index is 576. The normalized spacial score (nSPS) is 18.0. The molecule has 0 bridgehead atoms. The number of aromatic nitrogens is 3. The number of hydrogen-bond acceptors (Lipinski definition) is 3. The molecule has 1 aliphatic carbocycles. The Morgan fingerprint density at radius 1 is 1.40 bits per heavy atom. The first kappa shape index (κ1) is 13.8. The van der Waals surface area contributed by atoms with Gasteiger partial charge in [0.1, 0.15) is 0 Å². The summed E-state index contributed by atoms with van der Waals surface area (Å²) in [5.41, 5.74) is 2.65. The van der Waals surface area contributed by atoms with Crippen molar-refractivity contribution in [2.75, 3.05) is 6.54 Å². The van der Waals surface area contributed by atoms with Gasteiger partial charge in [0, 0.05) is 22.3 Å². The largest absolute Gasteiger partial charge is 0.310 e. The molecule has 2 aromatic rings. The lowest BCUT2D eigenvalue weighted by molar-refractivity contribution is 0.456. The average Bonchev–Trinajstić information content (AvgIpc) is 2.90. The molecule has 106 valence electrons. The van der Waals surface area contributed by atoms with Gasteiger partial charge in [0.25, 0.3) is 0 Å². The lowest BCUT2D eigenvalue weighted by Gasteiger charge is -2.24. The molecular weight excluding hydrogens is 316 g/mol. The number of pyridine rings is 1. The summed E-state index contributed by atoms with van der Waals surface area (Å²) in [6.07, 6.45) is 8.47. The van der Waals surface area contributed by atoms with Crippen LogP contribution in [0, 0.1) is 0 Å². The van der Waals surface area contributed by atoms with Crippen LogP contribution in [0.5, 0.6) is 0 Å². The highest BCUT2D eigenvalue weighted by Gasteiger charge is 2.24. The molecule has 2 heterocycles. The summed E-state index contributed by atoms with van der Waals surface area (Å²) in [5.74, 6) is 0.894. The van der Waals surface area contributed by atoms with Gasteiger partial charge in [0.05, 0.1) is 11.9 Å². The molecular formula is C15H19BrN4. The third-order valence-electron chi connectivity index (χ3n) is 3.75. The van der Waals surface area contributed by atoms with E-state index in [-0.39, 0.29) is 0 Å². The molecule has 0 saturated heterocycles. The molecule has 0 aromatic carbocycles. The molecule has 1 aliphatic rings. The second kappa shape index (κ2) is 6.06. The zero-order valence-electron chi connectivity index (χ0n) is 11.6. The Morgan fingerprint density at radius 2 is 2.30 bits per heavy atom. The monoisotopic (exact) mass is 334 g/mol. The van der Waals surface area contributed by atoms with E-state index in [0.717, 1.165) is 29.7 Å². The van der Waals surface area contributed by atoms with Gasteiger partial charge in [0.2, 0.25) is 0 Å². The number of rotatable bonds is 4. The van der Waals surface area contributed by atoms with E-state index in [9.17, 15) is 0 Å². The number of hydrogen-bond donors (Lipinski definition) is 1. The Hall–Kier alpha value is -1.20. The molecule has 0 amide bonds. The minimum absolute atomic E-state index is 0.447. The first-order valence-corrected chi connectivity index (χ1v) is 8.01. The van der Waals surface area contributed by atoms with Crippen molar-refractivity contribution in [1.29, 1.82) is 0 Å². The van der Waals surface area contributed by atoms with Gasteiger partial charge in [-0.2, -0.15) is 5.10 Å². The Morgan fingerprint density at radius 3 is 3.05 bits per heavy atom. The Balaban J connectivity index is 1.91. The lowest BCUT2D eigenvalue weighted by Crippen LogP contribution is -2.26. The number of nitrogens with zero attached hydrogens (tertiary/aromatic N) is 3. The molecule has 0 saturated carbocycles. The predicted molar refractivity (Wildman–Crippen MR) is 83.0 cm³/mol. The second-order valence-corrected chi connectivity index (χ2v) is 6.11. The molecule has 1 N–H and O–H groups in total. The van der Waals surface area contributed by atoms with Gasteiger partial charge in [-0.05, 0) is 60.3 Å². The molecule has 0 fully saturated rings. The van der Waals surface area contributed by atoms with Crippen molar-refractivity contribution in [3.63, 3.8) is 0 Å². The summed E-state index contributed by atoms with van der Waals surface area (Å²) in [4.78, 5) is 4.45. The molecule has 1 unspecified atom stereocenters. The van der Waals surface area contributed by atoms with Gasteiger partial charge in [-0.1, -0.05) is 6.92 Å². The van der Waals surface area contributed by atoms with Gasteiger partial charge in [-0.25, -0.2) is 9.67 Å². The Kier molecular flexibility index (Phi) is 4.17. The van der Waals surface area contributed by atoms with Gasteiger partial charge in [-0.3, -0.25) is 0 Å². The highest BCUT2D eigenvalue weighted by Crippen LogP contribution is 2.30. The summed E-state index contributed by atoms with van der Waals surface area (Å²) in [5, 5.41) is 8.18. The van der Waals surface area contributed by atoms with Crippen LogP contribution in [0.15, 0.2) is 29.0 Å². The first-order valence-electron chi connectivity index (χ1n) is 7.21. The third-order valence-corrected chi connectivity index (χ3v) is 4.22. The fraction of sp³-hybridized carbons (Fsp3) is 0.467. The molecule has 0 radical (unpaired) electrons. The van der Waals surface area contributed by atoms with E-state index >= 15 is 0 Å². The van der Waals surface area contributed by atoms with Crippen molar-refractivity contribution >= 4 is 15.9 Å².